The summed E-state index contributed by atoms with van der Waals surface area (Å²) < 4.78 is 33.3. The molecule has 2 aromatic carbocycles. The van der Waals surface area contributed by atoms with Crippen LogP contribution in [0.15, 0.2) is 41.3 Å². The zero-order valence-corrected chi connectivity index (χ0v) is 17.8. The molecule has 0 aromatic heterocycles. The predicted octanol–water partition coefficient (Wildman–Crippen LogP) is 3.15. The van der Waals surface area contributed by atoms with Crippen LogP contribution in [0.5, 0.6) is 5.75 Å². The van der Waals surface area contributed by atoms with Gasteiger partial charge in [0.05, 0.1) is 21.2 Å². The summed E-state index contributed by atoms with van der Waals surface area (Å²) in [5.74, 6) is -1.34. The molecule has 1 heterocycles. The van der Waals surface area contributed by atoms with Gasteiger partial charge in [-0.05, 0) is 49.6 Å². The molecule has 10 heteroatoms. The number of halogens is 1. The second-order valence-corrected chi connectivity index (χ2v) is 8.97. The van der Waals surface area contributed by atoms with Crippen LogP contribution in [0.4, 0.5) is 5.69 Å². The van der Waals surface area contributed by atoms with Crippen molar-refractivity contribution in [2.75, 3.05) is 24.4 Å². The van der Waals surface area contributed by atoms with Crippen molar-refractivity contribution < 1.29 is 27.9 Å². The van der Waals surface area contributed by atoms with Crippen LogP contribution in [0, 0.1) is 6.92 Å². The molecule has 0 spiro atoms. The monoisotopic (exact) mass is 452 g/mol. The predicted molar refractivity (Wildman–Crippen MR) is 112 cm³/mol. The van der Waals surface area contributed by atoms with E-state index in [-0.39, 0.29) is 27.3 Å². The third kappa shape index (κ3) is 4.85. The molecule has 0 atom stereocenters. The fourth-order valence-corrected chi connectivity index (χ4v) is 4.62. The number of carbonyl (C=O) groups is 2. The van der Waals surface area contributed by atoms with Gasteiger partial charge in [0.2, 0.25) is 0 Å². The van der Waals surface area contributed by atoms with E-state index in [9.17, 15) is 18.0 Å². The highest BCUT2D eigenvalue weighted by atomic mass is 35.5. The molecule has 30 heavy (non-hydrogen) atoms. The van der Waals surface area contributed by atoms with Gasteiger partial charge in [-0.1, -0.05) is 23.7 Å². The van der Waals surface area contributed by atoms with E-state index >= 15 is 0 Å². The number of anilines is 1. The summed E-state index contributed by atoms with van der Waals surface area (Å²) in [6, 6.07) is 8.67. The Balaban J connectivity index is 1.89. The SMILES string of the molecule is Cc1cccc(NS(=O)(=O)c2ccc(OCC(=O)O)c(Cl)c2)c1C(=O)N1CCCC1. The van der Waals surface area contributed by atoms with Gasteiger partial charge in [-0.15, -0.1) is 0 Å². The Labute approximate surface area is 179 Å². The van der Waals surface area contributed by atoms with Gasteiger partial charge in [0.15, 0.2) is 6.61 Å². The van der Waals surface area contributed by atoms with Gasteiger partial charge in [0.25, 0.3) is 15.9 Å². The molecule has 1 aliphatic heterocycles. The molecular formula is C20H21ClN2O6S. The lowest BCUT2D eigenvalue weighted by molar-refractivity contribution is -0.139. The van der Waals surface area contributed by atoms with Gasteiger partial charge in [0, 0.05) is 13.1 Å². The summed E-state index contributed by atoms with van der Waals surface area (Å²) in [7, 11) is -4.06. The molecule has 2 aromatic rings. The molecule has 3 rings (SSSR count). The molecule has 1 saturated heterocycles. The third-order valence-corrected chi connectivity index (χ3v) is 6.35. The maximum absolute atomic E-state index is 12.9. The molecular weight excluding hydrogens is 432 g/mol. The number of aliphatic carboxylic acids is 1. The summed E-state index contributed by atoms with van der Waals surface area (Å²) >= 11 is 6.04. The number of nitrogens with one attached hydrogen (secondary N) is 1. The van der Waals surface area contributed by atoms with Gasteiger partial charge < -0.3 is 14.7 Å². The van der Waals surface area contributed by atoms with E-state index in [1.807, 2.05) is 0 Å². The van der Waals surface area contributed by atoms with Gasteiger partial charge in [0.1, 0.15) is 5.75 Å². The smallest absolute Gasteiger partial charge is 0.341 e. The van der Waals surface area contributed by atoms with Gasteiger partial charge in [-0.2, -0.15) is 0 Å². The summed E-state index contributed by atoms with van der Waals surface area (Å²) in [4.78, 5) is 25.1. The van der Waals surface area contributed by atoms with Crippen molar-refractivity contribution in [1.82, 2.24) is 4.90 Å². The van der Waals surface area contributed by atoms with Crippen LogP contribution in [0.1, 0.15) is 28.8 Å². The molecule has 0 aliphatic carbocycles. The second kappa shape index (κ2) is 8.93. The van der Waals surface area contributed by atoms with Crippen LogP contribution in [-0.2, 0) is 14.8 Å². The number of sulfonamides is 1. The molecule has 1 fully saturated rings. The van der Waals surface area contributed by atoms with E-state index in [4.69, 9.17) is 21.4 Å². The zero-order chi connectivity index (χ0) is 21.9. The van der Waals surface area contributed by atoms with E-state index in [0.717, 1.165) is 12.8 Å². The third-order valence-electron chi connectivity index (χ3n) is 4.69. The van der Waals surface area contributed by atoms with Gasteiger partial charge >= 0.3 is 5.97 Å². The lowest BCUT2D eigenvalue weighted by Crippen LogP contribution is -2.29. The highest BCUT2D eigenvalue weighted by Crippen LogP contribution is 2.30. The summed E-state index contributed by atoms with van der Waals surface area (Å²) in [5.41, 5.74) is 1.17. The van der Waals surface area contributed by atoms with Crippen molar-refractivity contribution in [2.45, 2.75) is 24.7 Å². The summed E-state index contributed by atoms with van der Waals surface area (Å²) in [5, 5.41) is 8.64. The number of aryl methyl sites for hydroxylation is 1. The number of benzene rings is 2. The Bertz CT molecular complexity index is 1080. The van der Waals surface area contributed by atoms with Crippen LogP contribution in [0.25, 0.3) is 0 Å². The summed E-state index contributed by atoms with van der Waals surface area (Å²) in [6.07, 6.45) is 1.85. The van der Waals surface area contributed by atoms with Crippen LogP contribution in [0.2, 0.25) is 5.02 Å². The maximum Gasteiger partial charge on any atom is 0.341 e. The number of carbonyl (C=O) groups excluding carboxylic acids is 1. The lowest BCUT2D eigenvalue weighted by Gasteiger charge is -2.20. The standard InChI is InChI=1S/C20H21ClN2O6S/c1-13-5-4-6-16(19(13)20(26)23-9-2-3-10-23)22-30(27,28)14-7-8-17(15(21)11-14)29-12-18(24)25/h4-8,11,22H,2-3,9-10,12H2,1H3,(H,24,25). The quantitative estimate of drug-likeness (QED) is 0.667. The Morgan fingerprint density at radius 3 is 2.53 bits per heavy atom. The van der Waals surface area contributed by atoms with Crippen LogP contribution >= 0.6 is 11.6 Å². The van der Waals surface area contributed by atoms with E-state index < -0.39 is 22.6 Å². The molecule has 0 bridgehead atoms. The highest BCUT2D eigenvalue weighted by molar-refractivity contribution is 7.92. The van der Waals surface area contributed by atoms with E-state index in [2.05, 4.69) is 4.72 Å². The first-order valence-electron chi connectivity index (χ1n) is 9.25. The first-order valence-corrected chi connectivity index (χ1v) is 11.1. The number of rotatable bonds is 7. The largest absolute Gasteiger partial charge is 0.480 e. The van der Waals surface area contributed by atoms with Crippen LogP contribution < -0.4 is 9.46 Å². The molecule has 1 aliphatic rings. The average Bonchev–Trinajstić information content (AvgIpc) is 3.21. The van der Waals surface area contributed by atoms with Crippen molar-refractivity contribution in [1.29, 1.82) is 0 Å². The Morgan fingerprint density at radius 1 is 1.20 bits per heavy atom. The molecule has 8 nitrogen and oxygen atoms in total. The molecule has 0 saturated carbocycles. The van der Waals surface area contributed by atoms with E-state index in [1.54, 1.807) is 30.0 Å². The number of amides is 1. The van der Waals surface area contributed by atoms with Crippen LogP contribution in [0.3, 0.4) is 0 Å². The van der Waals surface area contributed by atoms with Gasteiger partial charge in [-0.3, -0.25) is 9.52 Å². The second-order valence-electron chi connectivity index (χ2n) is 6.88. The van der Waals surface area contributed by atoms with E-state index in [1.165, 1.54) is 18.2 Å². The Kier molecular flexibility index (Phi) is 6.52. The number of ether oxygens (including phenoxy) is 1. The highest BCUT2D eigenvalue weighted by Gasteiger charge is 2.26. The van der Waals surface area contributed by atoms with Gasteiger partial charge in [-0.25, -0.2) is 13.2 Å². The summed E-state index contributed by atoms with van der Waals surface area (Å²) in [6.45, 7) is 2.45. The Morgan fingerprint density at radius 2 is 1.90 bits per heavy atom. The lowest BCUT2D eigenvalue weighted by atomic mass is 10.1. The van der Waals surface area contributed by atoms with E-state index in [0.29, 0.717) is 24.2 Å². The topological polar surface area (TPSA) is 113 Å². The average molecular weight is 453 g/mol. The fourth-order valence-electron chi connectivity index (χ4n) is 3.22. The molecule has 160 valence electrons. The number of likely N-dealkylation sites (tertiary alicyclic amines) is 1. The molecule has 1 amide bonds. The minimum absolute atomic E-state index is 0.0447. The first-order chi connectivity index (χ1) is 14.2. The molecule has 2 N–H and O–H groups in total. The normalized spacial score (nSPS) is 13.9. The number of hydrogen-bond donors (Lipinski definition) is 2. The van der Waals surface area contributed by atoms with Crippen molar-refractivity contribution in [3.8, 4) is 5.75 Å². The fraction of sp³-hybridized carbons (Fsp3) is 0.300. The van der Waals surface area contributed by atoms with Crippen molar-refractivity contribution >= 4 is 39.2 Å². The maximum atomic E-state index is 12.9. The first kappa shape index (κ1) is 21.9. The van der Waals surface area contributed by atoms with Crippen molar-refractivity contribution in [2.24, 2.45) is 0 Å². The Hall–Kier alpha value is -2.78. The zero-order valence-electron chi connectivity index (χ0n) is 16.2. The number of carboxylic acid groups (broad SMARTS) is 1. The number of carboxylic acids is 1. The molecule has 0 radical (unpaired) electrons. The minimum atomic E-state index is -4.06. The minimum Gasteiger partial charge on any atom is -0.480 e. The molecule has 0 unspecified atom stereocenters. The van der Waals surface area contributed by atoms with Crippen molar-refractivity contribution in [3.63, 3.8) is 0 Å². The van der Waals surface area contributed by atoms with Crippen LogP contribution in [-0.4, -0.2) is 50.0 Å². The number of nitrogens with zero attached hydrogens (tertiary/aromatic N) is 1. The van der Waals surface area contributed by atoms with Crippen molar-refractivity contribution in [3.05, 3.63) is 52.5 Å². The number of hydrogen-bond acceptors (Lipinski definition) is 5.